The lowest BCUT2D eigenvalue weighted by atomic mass is 9.81. The van der Waals surface area contributed by atoms with Crippen LogP contribution in [0.2, 0.25) is 0 Å². The topological polar surface area (TPSA) is 29.5 Å². The van der Waals surface area contributed by atoms with Gasteiger partial charge in [-0.15, -0.1) is 0 Å². The van der Waals surface area contributed by atoms with E-state index < -0.39 is 0 Å². The number of aliphatic hydroxyl groups is 1. The summed E-state index contributed by atoms with van der Waals surface area (Å²) >= 11 is 0. The molecular formula is C13H26O2. The maximum absolute atomic E-state index is 9.55. The molecule has 2 nitrogen and oxygen atoms in total. The fourth-order valence-electron chi connectivity index (χ4n) is 2.51. The largest absolute Gasteiger partial charge is 0.391 e. The van der Waals surface area contributed by atoms with Crippen LogP contribution in [-0.2, 0) is 4.74 Å². The van der Waals surface area contributed by atoms with Crippen molar-refractivity contribution >= 4 is 0 Å². The smallest absolute Gasteiger partial charge is 0.0771 e. The summed E-state index contributed by atoms with van der Waals surface area (Å²) in [4.78, 5) is 0. The Morgan fingerprint density at radius 1 is 1.20 bits per heavy atom. The van der Waals surface area contributed by atoms with Crippen molar-refractivity contribution in [3.8, 4) is 0 Å². The predicted molar refractivity (Wildman–Crippen MR) is 63.0 cm³/mol. The minimum Gasteiger partial charge on any atom is -0.391 e. The molecule has 0 heterocycles. The molecule has 0 aromatic rings. The van der Waals surface area contributed by atoms with Crippen molar-refractivity contribution in [2.45, 2.75) is 76.9 Å². The third-order valence-corrected chi connectivity index (χ3v) is 3.52. The molecule has 0 aromatic heterocycles. The van der Waals surface area contributed by atoms with Crippen LogP contribution in [0.4, 0.5) is 0 Å². The molecule has 0 aromatic carbocycles. The van der Waals surface area contributed by atoms with Gasteiger partial charge in [-0.05, 0) is 25.7 Å². The zero-order valence-electron chi connectivity index (χ0n) is 10.3. The predicted octanol–water partition coefficient (Wildman–Crippen LogP) is 3.28. The fourth-order valence-corrected chi connectivity index (χ4v) is 2.51. The Hall–Kier alpha value is -0.0800. The van der Waals surface area contributed by atoms with Gasteiger partial charge >= 0.3 is 0 Å². The summed E-state index contributed by atoms with van der Waals surface area (Å²) in [5.41, 5.74) is 0.100. The van der Waals surface area contributed by atoms with Gasteiger partial charge in [0.25, 0.3) is 0 Å². The van der Waals surface area contributed by atoms with Crippen LogP contribution in [0.15, 0.2) is 0 Å². The van der Waals surface area contributed by atoms with Crippen LogP contribution >= 0.6 is 0 Å². The molecule has 1 aliphatic rings. The van der Waals surface area contributed by atoms with Crippen LogP contribution < -0.4 is 0 Å². The number of hydrogen-bond donors (Lipinski definition) is 1. The van der Waals surface area contributed by atoms with E-state index in [-0.39, 0.29) is 11.7 Å². The molecule has 0 aliphatic heterocycles. The average Bonchev–Trinajstić information content (AvgIpc) is 2.28. The van der Waals surface area contributed by atoms with Gasteiger partial charge in [-0.2, -0.15) is 0 Å². The average molecular weight is 214 g/mol. The van der Waals surface area contributed by atoms with E-state index in [0.717, 1.165) is 12.8 Å². The zero-order chi connectivity index (χ0) is 11.1. The molecule has 1 aliphatic carbocycles. The van der Waals surface area contributed by atoms with E-state index in [4.69, 9.17) is 4.74 Å². The van der Waals surface area contributed by atoms with Crippen LogP contribution in [0.5, 0.6) is 0 Å². The van der Waals surface area contributed by atoms with E-state index in [1.54, 1.807) is 0 Å². The first-order chi connectivity index (χ1) is 7.22. The second-order valence-electron chi connectivity index (χ2n) is 4.87. The molecule has 0 bridgehead atoms. The van der Waals surface area contributed by atoms with Crippen LogP contribution in [0.25, 0.3) is 0 Å². The molecule has 1 rings (SSSR count). The Morgan fingerprint density at radius 3 is 2.40 bits per heavy atom. The third kappa shape index (κ3) is 4.12. The van der Waals surface area contributed by atoms with Crippen LogP contribution in [0.3, 0.4) is 0 Å². The van der Waals surface area contributed by atoms with Gasteiger partial charge in [0.2, 0.25) is 0 Å². The molecular weight excluding hydrogens is 188 g/mol. The Bertz CT molecular complexity index is 156. The van der Waals surface area contributed by atoms with Gasteiger partial charge in [-0.3, -0.25) is 0 Å². The van der Waals surface area contributed by atoms with Gasteiger partial charge in [0.05, 0.1) is 18.3 Å². The number of rotatable bonds is 6. The highest BCUT2D eigenvalue weighted by molar-refractivity contribution is 4.84. The first kappa shape index (κ1) is 13.0. The number of hydrogen-bond acceptors (Lipinski definition) is 2. The molecule has 1 fully saturated rings. The van der Waals surface area contributed by atoms with Crippen molar-refractivity contribution < 1.29 is 9.84 Å². The van der Waals surface area contributed by atoms with E-state index in [9.17, 15) is 5.11 Å². The summed E-state index contributed by atoms with van der Waals surface area (Å²) in [7, 11) is 0. The van der Waals surface area contributed by atoms with Crippen LogP contribution in [-0.4, -0.2) is 23.4 Å². The molecule has 1 unspecified atom stereocenters. The maximum atomic E-state index is 9.55. The van der Waals surface area contributed by atoms with Crippen LogP contribution in [0, 0.1) is 0 Å². The van der Waals surface area contributed by atoms with E-state index in [0.29, 0.717) is 6.61 Å². The summed E-state index contributed by atoms with van der Waals surface area (Å²) in [5.74, 6) is 0. The Kier molecular flexibility index (Phi) is 5.62. The van der Waals surface area contributed by atoms with E-state index in [1.807, 2.05) is 6.92 Å². The van der Waals surface area contributed by atoms with Crippen molar-refractivity contribution in [1.82, 2.24) is 0 Å². The van der Waals surface area contributed by atoms with Gasteiger partial charge in [0.1, 0.15) is 0 Å². The van der Waals surface area contributed by atoms with Crippen molar-refractivity contribution in [2.75, 3.05) is 6.61 Å². The van der Waals surface area contributed by atoms with Gasteiger partial charge < -0.3 is 9.84 Å². The standard InChI is InChI=1S/C13H26O2/c1-3-8-13(9-6-5-7-10-13)15-11-12(14)4-2/h12,14H,3-11H2,1-2H3. The number of aliphatic hydroxyl groups excluding tert-OH is 1. The second-order valence-corrected chi connectivity index (χ2v) is 4.87. The maximum Gasteiger partial charge on any atom is 0.0771 e. The third-order valence-electron chi connectivity index (χ3n) is 3.52. The van der Waals surface area contributed by atoms with Gasteiger partial charge in [0, 0.05) is 0 Å². The molecule has 90 valence electrons. The molecule has 0 radical (unpaired) electrons. The first-order valence-corrected chi connectivity index (χ1v) is 6.54. The summed E-state index contributed by atoms with van der Waals surface area (Å²) in [6.45, 7) is 4.74. The zero-order valence-corrected chi connectivity index (χ0v) is 10.3. The molecule has 0 amide bonds. The van der Waals surface area contributed by atoms with Gasteiger partial charge in [0.15, 0.2) is 0 Å². The molecule has 0 saturated heterocycles. The van der Waals surface area contributed by atoms with E-state index in [2.05, 4.69) is 6.92 Å². The molecule has 2 heteroatoms. The molecule has 15 heavy (non-hydrogen) atoms. The summed E-state index contributed by atoms with van der Waals surface area (Å²) in [6, 6.07) is 0. The fraction of sp³-hybridized carbons (Fsp3) is 1.00. The normalized spacial score (nSPS) is 22.6. The Balaban J connectivity index is 2.41. The lowest BCUT2D eigenvalue weighted by Gasteiger charge is -2.37. The minimum atomic E-state index is -0.277. The van der Waals surface area contributed by atoms with Crippen LogP contribution in [0.1, 0.15) is 65.2 Å². The highest BCUT2D eigenvalue weighted by Crippen LogP contribution is 2.35. The minimum absolute atomic E-state index is 0.100. The van der Waals surface area contributed by atoms with Crippen molar-refractivity contribution in [2.24, 2.45) is 0 Å². The van der Waals surface area contributed by atoms with E-state index in [1.165, 1.54) is 38.5 Å². The first-order valence-electron chi connectivity index (χ1n) is 6.54. The summed E-state index contributed by atoms with van der Waals surface area (Å²) in [6.07, 6.45) is 9.18. The van der Waals surface area contributed by atoms with Crippen molar-refractivity contribution in [3.05, 3.63) is 0 Å². The second kappa shape index (κ2) is 6.49. The van der Waals surface area contributed by atoms with E-state index >= 15 is 0 Å². The molecule has 0 spiro atoms. The van der Waals surface area contributed by atoms with Crippen molar-refractivity contribution in [3.63, 3.8) is 0 Å². The summed E-state index contributed by atoms with van der Waals surface area (Å²) in [5, 5.41) is 9.55. The highest BCUT2D eigenvalue weighted by atomic mass is 16.5. The lowest BCUT2D eigenvalue weighted by molar-refractivity contribution is -0.104. The highest BCUT2D eigenvalue weighted by Gasteiger charge is 2.32. The number of ether oxygens (including phenoxy) is 1. The lowest BCUT2D eigenvalue weighted by Crippen LogP contribution is -2.37. The quantitative estimate of drug-likeness (QED) is 0.735. The summed E-state index contributed by atoms with van der Waals surface area (Å²) < 4.78 is 6.01. The Labute approximate surface area is 94.0 Å². The van der Waals surface area contributed by atoms with Crippen molar-refractivity contribution in [1.29, 1.82) is 0 Å². The Morgan fingerprint density at radius 2 is 1.87 bits per heavy atom. The monoisotopic (exact) mass is 214 g/mol. The SMILES string of the molecule is CCCC1(OCC(O)CC)CCCCC1. The van der Waals surface area contributed by atoms with Gasteiger partial charge in [-0.25, -0.2) is 0 Å². The molecule has 1 atom stereocenters. The molecule has 1 saturated carbocycles. The van der Waals surface area contributed by atoms with Gasteiger partial charge in [-0.1, -0.05) is 39.5 Å². The molecule has 1 N–H and O–H groups in total.